The van der Waals surface area contributed by atoms with E-state index in [1.807, 2.05) is 24.3 Å². The fourth-order valence-electron chi connectivity index (χ4n) is 4.17. The molecule has 0 unspecified atom stereocenters. The minimum absolute atomic E-state index is 0.138. The molecule has 198 valence electrons. The number of unbranched alkanes of at least 4 members (excludes halogenated alkanes) is 11. The second kappa shape index (κ2) is 18.4. The van der Waals surface area contributed by atoms with E-state index in [-0.39, 0.29) is 12.3 Å². The zero-order valence-corrected chi connectivity index (χ0v) is 22.4. The summed E-state index contributed by atoms with van der Waals surface area (Å²) in [5, 5.41) is 2.84. The highest BCUT2D eigenvalue weighted by atomic mass is 16.5. The quantitative estimate of drug-likeness (QED) is 0.158. The standard InChI is InChI=1S/C31H45NO4/c1-3-5-6-7-8-9-10-11-12-13-14-15-23-36-29-21-19-26(20-22-29)24-30(33)32-28-18-16-17-27(25-28)31(34)35-4-2/h16-22,25H,3-15,23-24H2,1-2H3,(H,32,33). The second-order valence-electron chi connectivity index (χ2n) is 9.41. The molecule has 0 aliphatic rings. The highest BCUT2D eigenvalue weighted by molar-refractivity contribution is 5.95. The molecule has 5 nitrogen and oxygen atoms in total. The molecule has 0 spiro atoms. The number of carbonyl (C=O) groups is 2. The van der Waals surface area contributed by atoms with Crippen molar-refractivity contribution >= 4 is 17.6 Å². The number of rotatable bonds is 19. The van der Waals surface area contributed by atoms with Crippen molar-refractivity contribution in [3.8, 4) is 5.75 Å². The van der Waals surface area contributed by atoms with Crippen molar-refractivity contribution in [3.63, 3.8) is 0 Å². The summed E-state index contributed by atoms with van der Waals surface area (Å²) >= 11 is 0. The lowest BCUT2D eigenvalue weighted by molar-refractivity contribution is -0.115. The first-order valence-corrected chi connectivity index (χ1v) is 13.9. The van der Waals surface area contributed by atoms with Gasteiger partial charge in [0.15, 0.2) is 0 Å². The highest BCUT2D eigenvalue weighted by Crippen LogP contribution is 2.16. The van der Waals surface area contributed by atoms with Gasteiger partial charge in [0, 0.05) is 5.69 Å². The zero-order valence-electron chi connectivity index (χ0n) is 22.4. The third-order valence-electron chi connectivity index (χ3n) is 6.21. The topological polar surface area (TPSA) is 64.6 Å². The number of nitrogens with one attached hydrogen (secondary N) is 1. The van der Waals surface area contributed by atoms with Gasteiger partial charge in [0.1, 0.15) is 5.75 Å². The van der Waals surface area contributed by atoms with Crippen LogP contribution in [0.15, 0.2) is 48.5 Å². The number of ether oxygens (including phenoxy) is 2. The third-order valence-corrected chi connectivity index (χ3v) is 6.21. The van der Waals surface area contributed by atoms with Crippen LogP contribution >= 0.6 is 0 Å². The van der Waals surface area contributed by atoms with Crippen LogP contribution in [-0.2, 0) is 16.0 Å². The Morgan fingerprint density at radius 2 is 1.36 bits per heavy atom. The number of hydrogen-bond acceptors (Lipinski definition) is 4. The summed E-state index contributed by atoms with van der Waals surface area (Å²) in [5.41, 5.74) is 1.91. The van der Waals surface area contributed by atoms with Crippen molar-refractivity contribution < 1.29 is 19.1 Å². The maximum Gasteiger partial charge on any atom is 0.338 e. The van der Waals surface area contributed by atoms with Crippen LogP contribution in [0, 0.1) is 0 Å². The molecule has 2 rings (SSSR count). The number of anilines is 1. The molecule has 1 N–H and O–H groups in total. The summed E-state index contributed by atoms with van der Waals surface area (Å²) in [6.07, 6.45) is 16.2. The minimum atomic E-state index is -0.396. The largest absolute Gasteiger partial charge is 0.494 e. The van der Waals surface area contributed by atoms with Crippen molar-refractivity contribution in [2.24, 2.45) is 0 Å². The Labute approximate surface area is 218 Å². The van der Waals surface area contributed by atoms with Gasteiger partial charge in [-0.05, 0) is 49.2 Å². The van der Waals surface area contributed by atoms with Crippen LogP contribution < -0.4 is 10.1 Å². The monoisotopic (exact) mass is 495 g/mol. The van der Waals surface area contributed by atoms with Gasteiger partial charge in [0.25, 0.3) is 0 Å². The van der Waals surface area contributed by atoms with Crippen molar-refractivity contribution in [1.29, 1.82) is 0 Å². The summed E-state index contributed by atoms with van der Waals surface area (Å²) in [6.45, 7) is 5.07. The Bertz CT molecular complexity index is 878. The Morgan fingerprint density at radius 1 is 0.750 bits per heavy atom. The molecule has 0 aromatic heterocycles. The Morgan fingerprint density at radius 3 is 1.97 bits per heavy atom. The summed E-state index contributed by atoms with van der Waals surface area (Å²) in [6, 6.07) is 14.5. The van der Waals surface area contributed by atoms with E-state index in [4.69, 9.17) is 9.47 Å². The number of esters is 1. The fraction of sp³-hybridized carbons (Fsp3) is 0.548. The van der Waals surface area contributed by atoms with Crippen molar-refractivity contribution in [1.82, 2.24) is 0 Å². The van der Waals surface area contributed by atoms with Crippen molar-refractivity contribution in [2.45, 2.75) is 97.3 Å². The van der Waals surface area contributed by atoms with E-state index in [0.717, 1.165) is 24.3 Å². The lowest BCUT2D eigenvalue weighted by Crippen LogP contribution is -2.15. The number of benzene rings is 2. The summed E-state index contributed by atoms with van der Waals surface area (Å²) in [7, 11) is 0. The molecule has 0 atom stereocenters. The van der Waals surface area contributed by atoms with E-state index >= 15 is 0 Å². The van der Waals surface area contributed by atoms with Gasteiger partial charge in [-0.15, -0.1) is 0 Å². The van der Waals surface area contributed by atoms with Gasteiger partial charge in [0.05, 0.1) is 25.2 Å². The molecule has 0 fully saturated rings. The minimum Gasteiger partial charge on any atom is -0.494 e. The summed E-state index contributed by atoms with van der Waals surface area (Å²) in [5.74, 6) is 0.304. The molecule has 5 heteroatoms. The molecule has 1 amide bonds. The molecular formula is C31H45NO4. The normalized spacial score (nSPS) is 10.7. The first-order chi connectivity index (χ1) is 17.6. The molecular weight excluding hydrogens is 450 g/mol. The average molecular weight is 496 g/mol. The smallest absolute Gasteiger partial charge is 0.338 e. The van der Waals surface area contributed by atoms with Crippen molar-refractivity contribution in [3.05, 3.63) is 59.7 Å². The molecule has 2 aromatic rings. The predicted octanol–water partition coefficient (Wildman–Crippen LogP) is 8.12. The SMILES string of the molecule is CCCCCCCCCCCCCCOc1ccc(CC(=O)Nc2cccc(C(=O)OCC)c2)cc1. The van der Waals surface area contributed by atoms with E-state index in [0.29, 0.717) is 17.9 Å². The molecule has 0 aliphatic carbocycles. The molecule has 2 aromatic carbocycles. The molecule has 36 heavy (non-hydrogen) atoms. The molecule has 0 bridgehead atoms. The summed E-state index contributed by atoms with van der Waals surface area (Å²) < 4.78 is 10.9. The van der Waals surface area contributed by atoms with Crippen LogP contribution in [-0.4, -0.2) is 25.1 Å². The zero-order chi connectivity index (χ0) is 25.8. The molecule has 0 heterocycles. The van der Waals surface area contributed by atoms with Gasteiger partial charge >= 0.3 is 5.97 Å². The van der Waals surface area contributed by atoms with Crippen LogP contribution in [0.1, 0.15) is 107 Å². The highest BCUT2D eigenvalue weighted by Gasteiger charge is 2.09. The van der Waals surface area contributed by atoms with Crippen LogP contribution in [0.2, 0.25) is 0 Å². The van der Waals surface area contributed by atoms with Gasteiger partial charge in [0.2, 0.25) is 5.91 Å². The van der Waals surface area contributed by atoms with Crippen LogP contribution in [0.3, 0.4) is 0 Å². The number of hydrogen-bond donors (Lipinski definition) is 1. The Hall–Kier alpha value is -2.82. The third kappa shape index (κ3) is 12.8. The first kappa shape index (κ1) is 29.4. The molecule has 0 saturated carbocycles. The number of carbonyl (C=O) groups excluding carboxylic acids is 2. The first-order valence-electron chi connectivity index (χ1n) is 13.9. The predicted molar refractivity (Wildman–Crippen MR) is 148 cm³/mol. The van der Waals surface area contributed by atoms with E-state index < -0.39 is 5.97 Å². The van der Waals surface area contributed by atoms with Crippen molar-refractivity contribution in [2.75, 3.05) is 18.5 Å². The van der Waals surface area contributed by atoms with Gasteiger partial charge in [-0.25, -0.2) is 4.79 Å². The molecule has 0 aliphatic heterocycles. The van der Waals surface area contributed by atoms with E-state index in [1.54, 1.807) is 31.2 Å². The maximum atomic E-state index is 12.4. The maximum absolute atomic E-state index is 12.4. The van der Waals surface area contributed by atoms with Crippen LogP contribution in [0.5, 0.6) is 5.75 Å². The lowest BCUT2D eigenvalue weighted by Gasteiger charge is -2.09. The van der Waals surface area contributed by atoms with Gasteiger partial charge < -0.3 is 14.8 Å². The van der Waals surface area contributed by atoms with Gasteiger partial charge in [-0.1, -0.05) is 95.8 Å². The average Bonchev–Trinajstić information content (AvgIpc) is 2.88. The van der Waals surface area contributed by atoms with E-state index in [1.165, 1.54) is 70.6 Å². The van der Waals surface area contributed by atoms with Gasteiger partial charge in [-0.3, -0.25) is 4.79 Å². The Balaban J connectivity index is 1.56. The number of amides is 1. The van der Waals surface area contributed by atoms with Crippen LogP contribution in [0.25, 0.3) is 0 Å². The van der Waals surface area contributed by atoms with Gasteiger partial charge in [-0.2, -0.15) is 0 Å². The molecule has 0 radical (unpaired) electrons. The van der Waals surface area contributed by atoms with E-state index in [9.17, 15) is 9.59 Å². The molecule has 0 saturated heterocycles. The lowest BCUT2D eigenvalue weighted by atomic mass is 10.1. The second-order valence-corrected chi connectivity index (χ2v) is 9.41. The van der Waals surface area contributed by atoms with Crippen LogP contribution in [0.4, 0.5) is 5.69 Å². The Kier molecular flexibility index (Phi) is 15.1. The van der Waals surface area contributed by atoms with E-state index in [2.05, 4.69) is 12.2 Å². The fourth-order valence-corrected chi connectivity index (χ4v) is 4.17. The summed E-state index contributed by atoms with van der Waals surface area (Å²) in [4.78, 5) is 24.3.